The second-order valence-corrected chi connectivity index (χ2v) is 5.18. The number of unbranched alkanes of at least 4 members (excludes halogenated alkanes) is 1. The lowest BCUT2D eigenvalue weighted by Gasteiger charge is -2.06. The molecule has 0 aromatic carbocycles. The van der Waals surface area contributed by atoms with E-state index in [1.807, 2.05) is 0 Å². The largest absolute Gasteiger partial charge is 0.478 e. The van der Waals surface area contributed by atoms with Crippen molar-refractivity contribution < 1.29 is 27.9 Å². The lowest BCUT2D eigenvalue weighted by Crippen LogP contribution is -2.24. The minimum Gasteiger partial charge on any atom is -0.478 e. The van der Waals surface area contributed by atoms with Gasteiger partial charge >= 0.3 is 12.1 Å². The van der Waals surface area contributed by atoms with E-state index in [0.29, 0.717) is 10.4 Å². The second kappa shape index (κ2) is 7.82. The van der Waals surface area contributed by atoms with Gasteiger partial charge in [0.2, 0.25) is 0 Å². The number of hydrogen-bond donors (Lipinski definition) is 2. The van der Waals surface area contributed by atoms with Crippen molar-refractivity contribution in [2.24, 2.45) is 0 Å². The Morgan fingerprint density at radius 3 is 2.67 bits per heavy atom. The summed E-state index contributed by atoms with van der Waals surface area (Å²) < 4.78 is 35.7. The number of rotatable bonds is 7. The third-order valence-corrected chi connectivity index (χ3v) is 3.34. The van der Waals surface area contributed by atoms with Gasteiger partial charge in [0.25, 0.3) is 5.91 Å². The topological polar surface area (TPSA) is 66.4 Å². The molecular weight excluding hydrogens is 307 g/mol. The number of carboxylic acids is 1. The van der Waals surface area contributed by atoms with Crippen molar-refractivity contribution in [2.75, 3.05) is 6.54 Å². The summed E-state index contributed by atoms with van der Waals surface area (Å²) in [7, 11) is 0. The fourth-order valence-electron chi connectivity index (χ4n) is 1.47. The van der Waals surface area contributed by atoms with E-state index < -0.39 is 18.6 Å². The minimum absolute atomic E-state index is 0.0278. The molecule has 0 unspecified atom stereocenters. The first-order valence-electron chi connectivity index (χ1n) is 6.12. The molecule has 1 amide bonds. The van der Waals surface area contributed by atoms with E-state index in [1.54, 1.807) is 5.38 Å². The molecule has 21 heavy (non-hydrogen) atoms. The van der Waals surface area contributed by atoms with Crippen LogP contribution in [-0.4, -0.2) is 29.7 Å². The van der Waals surface area contributed by atoms with E-state index in [-0.39, 0.29) is 25.3 Å². The Labute approximate surface area is 123 Å². The maximum absolute atomic E-state index is 11.9. The van der Waals surface area contributed by atoms with Crippen molar-refractivity contribution in [3.8, 4) is 0 Å². The van der Waals surface area contributed by atoms with Crippen LogP contribution in [0.15, 0.2) is 17.5 Å². The summed E-state index contributed by atoms with van der Waals surface area (Å²) in [4.78, 5) is 22.6. The number of alkyl halides is 3. The van der Waals surface area contributed by atoms with Gasteiger partial charge in [0.1, 0.15) is 0 Å². The second-order valence-electron chi connectivity index (χ2n) is 4.24. The lowest BCUT2D eigenvalue weighted by atomic mass is 10.2. The summed E-state index contributed by atoms with van der Waals surface area (Å²) in [5.41, 5.74) is 0.362. The van der Waals surface area contributed by atoms with E-state index in [2.05, 4.69) is 5.32 Å². The normalized spacial score (nSPS) is 11.8. The third kappa shape index (κ3) is 7.50. The number of amides is 1. The molecule has 116 valence electrons. The van der Waals surface area contributed by atoms with Gasteiger partial charge in [0, 0.05) is 29.3 Å². The number of halogens is 3. The van der Waals surface area contributed by atoms with Crippen LogP contribution in [-0.2, 0) is 4.79 Å². The Hall–Kier alpha value is -1.83. The number of thiophene rings is 1. The molecule has 1 aromatic heterocycles. The number of hydrogen-bond acceptors (Lipinski definition) is 3. The highest BCUT2D eigenvalue weighted by molar-refractivity contribution is 7.11. The standard InChI is InChI=1S/C13H14F3NO3S/c14-13(15,16)5-1-2-6-17-12(20)9-7-10(21-8-9)3-4-11(18)19/h3-4,7-8H,1-2,5-6H2,(H,17,20)(H,18,19)/b4-3+. The van der Waals surface area contributed by atoms with Crippen molar-refractivity contribution in [1.82, 2.24) is 5.32 Å². The molecule has 4 nitrogen and oxygen atoms in total. The predicted octanol–water partition coefficient (Wildman–Crippen LogP) is 3.31. The first-order chi connectivity index (χ1) is 9.78. The van der Waals surface area contributed by atoms with E-state index in [1.165, 1.54) is 23.5 Å². The highest BCUT2D eigenvalue weighted by atomic mass is 32.1. The number of carboxylic acid groups (broad SMARTS) is 1. The Kier molecular flexibility index (Phi) is 6.41. The van der Waals surface area contributed by atoms with Crippen LogP contribution >= 0.6 is 11.3 Å². The maximum atomic E-state index is 11.9. The van der Waals surface area contributed by atoms with Crippen molar-refractivity contribution >= 4 is 29.3 Å². The molecule has 0 atom stereocenters. The highest BCUT2D eigenvalue weighted by Gasteiger charge is 2.25. The molecule has 1 rings (SSSR count). The zero-order valence-corrected chi connectivity index (χ0v) is 11.8. The van der Waals surface area contributed by atoms with Crippen LogP contribution in [0.2, 0.25) is 0 Å². The number of carbonyl (C=O) groups excluding carboxylic acids is 1. The van der Waals surface area contributed by atoms with Crippen LogP contribution in [0.3, 0.4) is 0 Å². The van der Waals surface area contributed by atoms with Crippen LogP contribution in [0.4, 0.5) is 13.2 Å². The average Bonchev–Trinajstić information content (AvgIpc) is 2.83. The summed E-state index contributed by atoms with van der Waals surface area (Å²) in [6.07, 6.45) is -2.47. The van der Waals surface area contributed by atoms with Gasteiger partial charge in [0.05, 0.1) is 5.56 Å². The zero-order valence-electron chi connectivity index (χ0n) is 10.9. The smallest absolute Gasteiger partial charge is 0.389 e. The molecule has 0 fully saturated rings. The Balaban J connectivity index is 2.34. The first-order valence-corrected chi connectivity index (χ1v) is 7.00. The van der Waals surface area contributed by atoms with Gasteiger partial charge in [-0.1, -0.05) is 0 Å². The monoisotopic (exact) mass is 321 g/mol. The number of aliphatic carboxylic acids is 1. The Bertz CT molecular complexity index is 523. The summed E-state index contributed by atoms with van der Waals surface area (Å²) in [6, 6.07) is 1.52. The molecule has 0 aliphatic heterocycles. The Morgan fingerprint density at radius 1 is 1.33 bits per heavy atom. The molecule has 0 saturated carbocycles. The van der Waals surface area contributed by atoms with Crippen LogP contribution in [0.25, 0.3) is 6.08 Å². The number of nitrogens with one attached hydrogen (secondary N) is 1. The van der Waals surface area contributed by atoms with Crippen LogP contribution < -0.4 is 5.32 Å². The molecule has 0 bridgehead atoms. The van der Waals surface area contributed by atoms with Gasteiger partial charge in [-0.15, -0.1) is 11.3 Å². The quantitative estimate of drug-likeness (QED) is 0.598. The van der Waals surface area contributed by atoms with Crippen LogP contribution in [0.5, 0.6) is 0 Å². The molecule has 0 aliphatic rings. The highest BCUT2D eigenvalue weighted by Crippen LogP contribution is 2.22. The van der Waals surface area contributed by atoms with Crippen molar-refractivity contribution in [2.45, 2.75) is 25.4 Å². The molecule has 0 aliphatic carbocycles. The van der Waals surface area contributed by atoms with Gasteiger partial charge in [-0.3, -0.25) is 4.79 Å². The molecule has 8 heteroatoms. The molecule has 1 heterocycles. The molecular formula is C13H14F3NO3S. The molecule has 1 aromatic rings. The van der Waals surface area contributed by atoms with Crippen LogP contribution in [0, 0.1) is 0 Å². The zero-order chi connectivity index (χ0) is 15.9. The Morgan fingerprint density at radius 2 is 2.05 bits per heavy atom. The van der Waals surface area contributed by atoms with E-state index in [4.69, 9.17) is 5.11 Å². The van der Waals surface area contributed by atoms with Crippen LogP contribution in [0.1, 0.15) is 34.5 Å². The molecule has 0 radical (unpaired) electrons. The third-order valence-electron chi connectivity index (χ3n) is 2.44. The van der Waals surface area contributed by atoms with Gasteiger partial charge in [0.15, 0.2) is 0 Å². The SMILES string of the molecule is O=C(O)/C=C/c1cc(C(=O)NCCCCC(F)(F)F)cs1. The maximum Gasteiger partial charge on any atom is 0.389 e. The minimum atomic E-state index is -4.16. The van der Waals surface area contributed by atoms with Gasteiger partial charge < -0.3 is 10.4 Å². The fourth-order valence-corrected chi connectivity index (χ4v) is 2.25. The molecule has 0 saturated heterocycles. The predicted molar refractivity (Wildman–Crippen MR) is 73.2 cm³/mol. The van der Waals surface area contributed by atoms with Crippen molar-refractivity contribution in [3.05, 3.63) is 28.0 Å². The molecule has 2 N–H and O–H groups in total. The lowest BCUT2D eigenvalue weighted by molar-refractivity contribution is -0.135. The first kappa shape index (κ1) is 17.2. The summed E-state index contributed by atoms with van der Waals surface area (Å²) in [5.74, 6) is -1.47. The van der Waals surface area contributed by atoms with Gasteiger partial charge in [-0.05, 0) is 25.0 Å². The summed E-state index contributed by atoms with van der Waals surface area (Å²) in [5, 5.41) is 12.6. The van der Waals surface area contributed by atoms with Crippen molar-refractivity contribution in [1.29, 1.82) is 0 Å². The summed E-state index contributed by atoms with van der Waals surface area (Å²) in [6.45, 7) is 0.172. The number of carbonyl (C=O) groups is 2. The van der Waals surface area contributed by atoms with E-state index in [9.17, 15) is 22.8 Å². The van der Waals surface area contributed by atoms with E-state index in [0.717, 1.165) is 6.08 Å². The van der Waals surface area contributed by atoms with Gasteiger partial charge in [-0.2, -0.15) is 13.2 Å². The van der Waals surface area contributed by atoms with E-state index >= 15 is 0 Å². The summed E-state index contributed by atoms with van der Waals surface area (Å²) >= 11 is 1.21. The van der Waals surface area contributed by atoms with Crippen molar-refractivity contribution in [3.63, 3.8) is 0 Å². The molecule has 0 spiro atoms. The fraction of sp³-hybridized carbons (Fsp3) is 0.385. The van der Waals surface area contributed by atoms with Gasteiger partial charge in [-0.25, -0.2) is 4.79 Å². The average molecular weight is 321 g/mol.